The number of halogens is 1. The van der Waals surface area contributed by atoms with Gasteiger partial charge in [0.25, 0.3) is 0 Å². The minimum absolute atomic E-state index is 0.146. The fourth-order valence-electron chi connectivity index (χ4n) is 1.66. The maximum absolute atomic E-state index is 12.0. The van der Waals surface area contributed by atoms with Crippen LogP contribution in [0.1, 0.15) is 19.8 Å². The van der Waals surface area contributed by atoms with Crippen molar-refractivity contribution in [3.8, 4) is 0 Å². The van der Waals surface area contributed by atoms with Crippen LogP contribution >= 0.6 is 0 Å². The van der Waals surface area contributed by atoms with E-state index in [1.54, 1.807) is 0 Å². The van der Waals surface area contributed by atoms with Crippen molar-refractivity contribution in [1.29, 1.82) is 5.41 Å². The third-order valence-corrected chi connectivity index (χ3v) is 3.01. The van der Waals surface area contributed by atoms with Crippen LogP contribution in [0.2, 0.25) is 0 Å². The minimum atomic E-state index is -0.281. The summed E-state index contributed by atoms with van der Waals surface area (Å²) in [5, 5.41) is 7.44. The molecule has 0 radical (unpaired) electrons. The number of hydrogen-bond acceptors (Lipinski definition) is 2. The van der Waals surface area contributed by atoms with E-state index in [9.17, 15) is 4.39 Å². The largest absolute Gasteiger partial charge is 0.387 e. The zero-order valence-electron chi connectivity index (χ0n) is 8.15. The van der Waals surface area contributed by atoms with Gasteiger partial charge in [0.1, 0.15) is 6.67 Å². The first kappa shape index (κ1) is 10.4. The van der Waals surface area contributed by atoms with Gasteiger partial charge in [0.2, 0.25) is 0 Å². The monoisotopic (exact) mass is 187 g/mol. The molecule has 1 heterocycles. The molecule has 76 valence electrons. The Kier molecular flexibility index (Phi) is 3.25. The van der Waals surface area contributed by atoms with Gasteiger partial charge in [-0.1, -0.05) is 6.92 Å². The lowest BCUT2D eigenvalue weighted by Crippen LogP contribution is -2.45. The Morgan fingerprint density at radius 1 is 1.54 bits per heavy atom. The highest BCUT2D eigenvalue weighted by Gasteiger charge is 2.32. The van der Waals surface area contributed by atoms with Crippen LogP contribution in [-0.2, 0) is 0 Å². The van der Waals surface area contributed by atoms with Gasteiger partial charge in [-0.25, -0.2) is 4.39 Å². The number of amidine groups is 1. The molecule has 0 atom stereocenters. The predicted octanol–water partition coefficient (Wildman–Crippen LogP) is 0.994. The Hall–Kier alpha value is -0.640. The van der Waals surface area contributed by atoms with Gasteiger partial charge < -0.3 is 10.6 Å². The summed E-state index contributed by atoms with van der Waals surface area (Å²) in [6.07, 6.45) is 1.75. The highest BCUT2D eigenvalue weighted by molar-refractivity contribution is 5.83. The van der Waals surface area contributed by atoms with Gasteiger partial charge in [0.15, 0.2) is 0 Å². The highest BCUT2D eigenvalue weighted by Crippen LogP contribution is 2.30. The summed E-state index contributed by atoms with van der Waals surface area (Å²) in [5.41, 5.74) is 5.37. The molecular weight excluding hydrogens is 169 g/mol. The number of nitrogens with two attached hydrogens (primary N) is 1. The van der Waals surface area contributed by atoms with Crippen molar-refractivity contribution in [2.24, 2.45) is 11.1 Å². The van der Waals surface area contributed by atoms with E-state index in [0.717, 1.165) is 25.9 Å². The highest BCUT2D eigenvalue weighted by atomic mass is 19.1. The summed E-state index contributed by atoms with van der Waals surface area (Å²) < 4.78 is 12.0. The molecule has 1 aliphatic heterocycles. The summed E-state index contributed by atoms with van der Waals surface area (Å²) in [7, 11) is 0. The first-order valence-electron chi connectivity index (χ1n) is 4.71. The lowest BCUT2D eigenvalue weighted by molar-refractivity contribution is 0.153. The van der Waals surface area contributed by atoms with Crippen molar-refractivity contribution in [3.63, 3.8) is 0 Å². The third-order valence-electron chi connectivity index (χ3n) is 3.01. The van der Waals surface area contributed by atoms with E-state index >= 15 is 0 Å². The molecule has 1 saturated heterocycles. The SMILES string of the molecule is CC1(C(=N)N)CCN(CCF)CC1. The lowest BCUT2D eigenvalue weighted by atomic mass is 9.79. The average molecular weight is 187 g/mol. The van der Waals surface area contributed by atoms with Crippen LogP contribution in [0.5, 0.6) is 0 Å². The molecule has 0 aromatic carbocycles. The van der Waals surface area contributed by atoms with E-state index in [4.69, 9.17) is 11.1 Å². The van der Waals surface area contributed by atoms with E-state index < -0.39 is 0 Å². The maximum Gasteiger partial charge on any atom is 0.102 e. The van der Waals surface area contributed by atoms with E-state index in [1.807, 2.05) is 6.92 Å². The minimum Gasteiger partial charge on any atom is -0.387 e. The standard InChI is InChI=1S/C9H18FN3/c1-9(8(11)12)2-5-13(6-3-9)7-4-10/h2-7H2,1H3,(H3,11,12). The van der Waals surface area contributed by atoms with Crippen LogP contribution in [0.25, 0.3) is 0 Å². The zero-order valence-corrected chi connectivity index (χ0v) is 8.15. The van der Waals surface area contributed by atoms with Crippen LogP contribution < -0.4 is 5.73 Å². The van der Waals surface area contributed by atoms with Crippen molar-refractivity contribution < 1.29 is 4.39 Å². The molecule has 0 aliphatic carbocycles. The zero-order chi connectivity index (χ0) is 9.90. The van der Waals surface area contributed by atoms with E-state index in [2.05, 4.69) is 4.90 Å². The molecule has 1 fully saturated rings. The van der Waals surface area contributed by atoms with Crippen molar-refractivity contribution >= 4 is 5.84 Å². The van der Waals surface area contributed by atoms with Gasteiger partial charge in [0, 0.05) is 12.0 Å². The summed E-state index contributed by atoms with van der Waals surface area (Å²) >= 11 is 0. The Bertz CT molecular complexity index is 185. The summed E-state index contributed by atoms with van der Waals surface area (Å²) in [6, 6.07) is 0. The second kappa shape index (κ2) is 4.05. The quantitative estimate of drug-likeness (QED) is 0.511. The molecule has 0 aromatic heterocycles. The lowest BCUT2D eigenvalue weighted by Gasteiger charge is -2.38. The van der Waals surface area contributed by atoms with Gasteiger partial charge in [-0.3, -0.25) is 5.41 Å². The molecule has 4 heteroatoms. The number of piperidine rings is 1. The molecule has 0 saturated carbocycles. The second-order valence-corrected chi connectivity index (χ2v) is 4.00. The Balaban J connectivity index is 2.42. The molecule has 0 amide bonds. The van der Waals surface area contributed by atoms with Gasteiger partial charge in [-0.2, -0.15) is 0 Å². The molecule has 0 bridgehead atoms. The molecule has 1 rings (SSSR count). The van der Waals surface area contributed by atoms with Gasteiger partial charge in [-0.15, -0.1) is 0 Å². The van der Waals surface area contributed by atoms with Crippen LogP contribution in [0, 0.1) is 10.8 Å². The fourth-order valence-corrected chi connectivity index (χ4v) is 1.66. The molecule has 3 N–H and O–H groups in total. The summed E-state index contributed by atoms with van der Waals surface area (Å²) in [4.78, 5) is 2.09. The molecule has 0 spiro atoms. The van der Waals surface area contributed by atoms with E-state index in [0.29, 0.717) is 6.54 Å². The van der Waals surface area contributed by atoms with Gasteiger partial charge in [0.05, 0.1) is 5.84 Å². The van der Waals surface area contributed by atoms with Crippen LogP contribution in [-0.4, -0.2) is 37.0 Å². The molecule has 1 aliphatic rings. The topological polar surface area (TPSA) is 53.1 Å². The molecule has 0 unspecified atom stereocenters. The Morgan fingerprint density at radius 2 is 2.08 bits per heavy atom. The maximum atomic E-state index is 12.0. The number of nitrogens with one attached hydrogen (secondary N) is 1. The van der Waals surface area contributed by atoms with Gasteiger partial charge >= 0.3 is 0 Å². The van der Waals surface area contributed by atoms with Crippen molar-refractivity contribution in [3.05, 3.63) is 0 Å². The van der Waals surface area contributed by atoms with Crippen LogP contribution in [0.4, 0.5) is 4.39 Å². The van der Waals surface area contributed by atoms with Crippen LogP contribution in [0.15, 0.2) is 0 Å². The number of alkyl halides is 1. The van der Waals surface area contributed by atoms with E-state index in [1.165, 1.54) is 0 Å². The first-order valence-corrected chi connectivity index (χ1v) is 4.71. The average Bonchev–Trinajstić information content (AvgIpc) is 2.09. The van der Waals surface area contributed by atoms with Crippen LogP contribution in [0.3, 0.4) is 0 Å². The number of hydrogen-bond donors (Lipinski definition) is 2. The van der Waals surface area contributed by atoms with Crippen molar-refractivity contribution in [2.45, 2.75) is 19.8 Å². The molecule has 0 aromatic rings. The predicted molar refractivity (Wildman–Crippen MR) is 51.7 cm³/mol. The summed E-state index contributed by atoms with van der Waals surface area (Å²) in [6.45, 7) is 3.98. The molecule has 3 nitrogen and oxygen atoms in total. The van der Waals surface area contributed by atoms with Crippen molar-refractivity contribution in [1.82, 2.24) is 4.90 Å². The normalized spacial score (nSPS) is 22.9. The number of nitrogens with zero attached hydrogens (tertiary/aromatic N) is 1. The Labute approximate surface area is 78.6 Å². The summed E-state index contributed by atoms with van der Waals surface area (Å²) in [5.74, 6) is 0.271. The smallest absolute Gasteiger partial charge is 0.102 e. The molecular formula is C9H18FN3. The fraction of sp³-hybridized carbons (Fsp3) is 0.889. The van der Waals surface area contributed by atoms with E-state index in [-0.39, 0.29) is 17.9 Å². The first-order chi connectivity index (χ1) is 6.08. The number of likely N-dealkylation sites (tertiary alicyclic amines) is 1. The molecule has 13 heavy (non-hydrogen) atoms. The number of rotatable bonds is 3. The van der Waals surface area contributed by atoms with Crippen molar-refractivity contribution in [2.75, 3.05) is 26.3 Å². The van der Waals surface area contributed by atoms with Gasteiger partial charge in [-0.05, 0) is 25.9 Å². The third kappa shape index (κ3) is 2.40. The second-order valence-electron chi connectivity index (χ2n) is 4.00. The Morgan fingerprint density at radius 3 is 2.46 bits per heavy atom.